The second-order valence-corrected chi connectivity index (χ2v) is 6.93. The highest BCUT2D eigenvalue weighted by Gasteiger charge is 2.32. The quantitative estimate of drug-likeness (QED) is 0.601. The lowest BCUT2D eigenvalue weighted by atomic mass is 9.88. The highest BCUT2D eigenvalue weighted by atomic mass is 16.5. The van der Waals surface area contributed by atoms with Crippen LogP contribution in [-0.2, 0) is 9.53 Å². The van der Waals surface area contributed by atoms with Gasteiger partial charge in [0.05, 0.1) is 24.2 Å². The number of ether oxygens (including phenoxy) is 2. The minimum atomic E-state index is -0.769. The van der Waals surface area contributed by atoms with E-state index in [1.807, 2.05) is 19.9 Å². The van der Waals surface area contributed by atoms with E-state index in [0.717, 1.165) is 17.7 Å². The molecule has 6 heteroatoms. The van der Waals surface area contributed by atoms with Crippen LogP contribution in [0, 0.1) is 5.92 Å². The SMILES string of the molecule is COc1c(C(CC=C(C)C)OC(=O)C(C)C)cc(O)c2c1C(=O)C=CC2=O. The van der Waals surface area contributed by atoms with Gasteiger partial charge in [0, 0.05) is 12.0 Å². The van der Waals surface area contributed by atoms with Crippen LogP contribution in [-0.4, -0.2) is 29.8 Å². The molecule has 6 nitrogen and oxygen atoms in total. The standard InChI is InChI=1S/C21H24O6/c1-11(2)6-9-17(27-21(25)12(3)4)13-10-16(24)18-14(22)7-8-15(23)19(18)20(13)26-5/h6-8,10,12,17,24H,9H2,1-5H3. The number of allylic oxidation sites excluding steroid dienone is 3. The number of esters is 1. The number of ketones is 2. The van der Waals surface area contributed by atoms with E-state index in [1.54, 1.807) is 13.8 Å². The van der Waals surface area contributed by atoms with E-state index < -0.39 is 23.6 Å². The summed E-state index contributed by atoms with van der Waals surface area (Å²) in [5, 5.41) is 10.4. The number of phenols is 1. The molecular weight excluding hydrogens is 348 g/mol. The Balaban J connectivity index is 2.65. The van der Waals surface area contributed by atoms with Crippen molar-refractivity contribution in [3.63, 3.8) is 0 Å². The minimum Gasteiger partial charge on any atom is -0.507 e. The molecule has 1 aromatic rings. The molecule has 0 aromatic heterocycles. The lowest BCUT2D eigenvalue weighted by Gasteiger charge is -2.24. The van der Waals surface area contributed by atoms with Crippen LogP contribution in [0.2, 0.25) is 0 Å². The Bertz CT molecular complexity index is 841. The van der Waals surface area contributed by atoms with E-state index in [-0.39, 0.29) is 28.5 Å². The Morgan fingerprint density at radius 3 is 2.26 bits per heavy atom. The lowest BCUT2D eigenvalue weighted by Crippen LogP contribution is -2.19. The van der Waals surface area contributed by atoms with Crippen LogP contribution in [0.1, 0.15) is 66.5 Å². The fourth-order valence-corrected chi connectivity index (χ4v) is 2.79. The fraction of sp³-hybridized carbons (Fsp3) is 0.381. The number of phenolic OH excluding ortho intramolecular Hbond substituents is 1. The highest BCUT2D eigenvalue weighted by molar-refractivity contribution is 6.24. The van der Waals surface area contributed by atoms with Crippen molar-refractivity contribution in [2.45, 2.75) is 40.2 Å². The molecule has 1 N–H and O–H groups in total. The van der Waals surface area contributed by atoms with Gasteiger partial charge in [0.2, 0.25) is 0 Å². The van der Waals surface area contributed by atoms with Crippen LogP contribution < -0.4 is 4.74 Å². The average Bonchev–Trinajstić information content (AvgIpc) is 2.60. The summed E-state index contributed by atoms with van der Waals surface area (Å²) >= 11 is 0. The number of rotatable bonds is 6. The van der Waals surface area contributed by atoms with Gasteiger partial charge in [-0.15, -0.1) is 0 Å². The van der Waals surface area contributed by atoms with Crippen molar-refractivity contribution in [3.05, 3.63) is 46.6 Å². The molecule has 27 heavy (non-hydrogen) atoms. The topological polar surface area (TPSA) is 89.9 Å². The van der Waals surface area contributed by atoms with Gasteiger partial charge in [-0.1, -0.05) is 25.5 Å². The molecule has 0 heterocycles. The summed E-state index contributed by atoms with van der Waals surface area (Å²) in [4.78, 5) is 36.7. The van der Waals surface area contributed by atoms with Crippen molar-refractivity contribution in [2.75, 3.05) is 7.11 Å². The van der Waals surface area contributed by atoms with Crippen molar-refractivity contribution >= 4 is 17.5 Å². The van der Waals surface area contributed by atoms with E-state index in [0.29, 0.717) is 12.0 Å². The molecule has 1 unspecified atom stereocenters. The molecule has 0 spiro atoms. The molecular formula is C21H24O6. The average molecular weight is 372 g/mol. The van der Waals surface area contributed by atoms with Crippen LogP contribution in [0.3, 0.4) is 0 Å². The highest BCUT2D eigenvalue weighted by Crippen LogP contribution is 2.41. The Labute approximate surface area is 158 Å². The van der Waals surface area contributed by atoms with E-state index in [2.05, 4.69) is 0 Å². The maximum absolute atomic E-state index is 12.4. The van der Waals surface area contributed by atoms with Crippen LogP contribution in [0.15, 0.2) is 29.9 Å². The third-order valence-corrected chi connectivity index (χ3v) is 4.19. The maximum atomic E-state index is 12.4. The number of carbonyl (C=O) groups excluding carboxylic acids is 3. The third-order valence-electron chi connectivity index (χ3n) is 4.19. The summed E-state index contributed by atoms with van der Waals surface area (Å²) in [6.45, 7) is 7.26. The number of fused-ring (bicyclic) bond motifs is 1. The van der Waals surface area contributed by atoms with Gasteiger partial charge in [0.25, 0.3) is 0 Å². The predicted molar refractivity (Wildman–Crippen MR) is 100 cm³/mol. The van der Waals surface area contributed by atoms with Crippen LogP contribution in [0.4, 0.5) is 0 Å². The van der Waals surface area contributed by atoms with Crippen molar-refractivity contribution < 1.29 is 29.0 Å². The molecule has 1 aliphatic carbocycles. The van der Waals surface area contributed by atoms with Crippen LogP contribution in [0.5, 0.6) is 11.5 Å². The number of benzene rings is 1. The first-order valence-corrected chi connectivity index (χ1v) is 8.71. The predicted octanol–water partition coefficient (Wildman–Crippen LogP) is 3.93. The van der Waals surface area contributed by atoms with Gasteiger partial charge in [-0.3, -0.25) is 14.4 Å². The van der Waals surface area contributed by atoms with E-state index in [9.17, 15) is 19.5 Å². The lowest BCUT2D eigenvalue weighted by molar-refractivity contribution is -0.153. The summed E-state index contributed by atoms with van der Waals surface area (Å²) in [6, 6.07) is 1.33. The molecule has 1 atom stereocenters. The number of aromatic hydroxyl groups is 1. The van der Waals surface area contributed by atoms with Crippen molar-refractivity contribution in [1.82, 2.24) is 0 Å². The minimum absolute atomic E-state index is 0.0113. The second-order valence-electron chi connectivity index (χ2n) is 6.93. The van der Waals surface area contributed by atoms with Gasteiger partial charge >= 0.3 is 5.97 Å². The van der Waals surface area contributed by atoms with Crippen molar-refractivity contribution in [1.29, 1.82) is 0 Å². The monoisotopic (exact) mass is 372 g/mol. The molecule has 0 radical (unpaired) electrons. The van der Waals surface area contributed by atoms with E-state index >= 15 is 0 Å². The zero-order valence-corrected chi connectivity index (χ0v) is 16.2. The van der Waals surface area contributed by atoms with Gasteiger partial charge in [-0.2, -0.15) is 0 Å². The molecule has 0 saturated heterocycles. The fourth-order valence-electron chi connectivity index (χ4n) is 2.79. The molecule has 0 amide bonds. The largest absolute Gasteiger partial charge is 0.507 e. The molecule has 144 valence electrons. The summed E-state index contributed by atoms with van der Waals surface area (Å²) < 4.78 is 11.0. The first-order valence-electron chi connectivity index (χ1n) is 8.71. The van der Waals surface area contributed by atoms with E-state index in [1.165, 1.54) is 13.2 Å². The van der Waals surface area contributed by atoms with Gasteiger partial charge < -0.3 is 14.6 Å². The second kappa shape index (κ2) is 8.20. The Morgan fingerprint density at radius 2 is 1.74 bits per heavy atom. The summed E-state index contributed by atoms with van der Waals surface area (Å²) in [7, 11) is 1.37. The molecule has 1 aliphatic rings. The molecule has 0 saturated carbocycles. The third kappa shape index (κ3) is 4.27. The van der Waals surface area contributed by atoms with Gasteiger partial charge in [-0.05, 0) is 32.1 Å². The molecule has 2 rings (SSSR count). The molecule has 0 bridgehead atoms. The van der Waals surface area contributed by atoms with Crippen LogP contribution >= 0.6 is 0 Å². The van der Waals surface area contributed by atoms with Gasteiger partial charge in [-0.25, -0.2) is 0 Å². The van der Waals surface area contributed by atoms with Gasteiger partial charge in [0.15, 0.2) is 11.6 Å². The first kappa shape index (κ1) is 20.4. The summed E-state index contributed by atoms with van der Waals surface area (Å²) in [5.41, 5.74) is 1.26. The summed E-state index contributed by atoms with van der Waals surface area (Å²) in [5.74, 6) is -1.89. The normalized spacial score (nSPS) is 14.0. The maximum Gasteiger partial charge on any atom is 0.308 e. The van der Waals surface area contributed by atoms with Crippen molar-refractivity contribution in [2.24, 2.45) is 5.92 Å². The first-order chi connectivity index (χ1) is 12.7. The molecule has 0 fully saturated rings. The van der Waals surface area contributed by atoms with Crippen LogP contribution in [0.25, 0.3) is 0 Å². The number of hydrogen-bond acceptors (Lipinski definition) is 6. The van der Waals surface area contributed by atoms with Crippen molar-refractivity contribution in [3.8, 4) is 11.5 Å². The van der Waals surface area contributed by atoms with Gasteiger partial charge in [0.1, 0.15) is 17.6 Å². The Hall–Kier alpha value is -2.89. The number of hydrogen-bond donors (Lipinski definition) is 1. The number of methoxy groups -OCH3 is 1. The molecule has 0 aliphatic heterocycles. The Kier molecular flexibility index (Phi) is 6.20. The summed E-state index contributed by atoms with van der Waals surface area (Å²) in [6.07, 6.45) is 3.72. The molecule has 1 aromatic carbocycles. The smallest absolute Gasteiger partial charge is 0.308 e. The van der Waals surface area contributed by atoms with E-state index in [4.69, 9.17) is 9.47 Å². The number of carbonyl (C=O) groups is 3. The Morgan fingerprint density at radius 1 is 1.15 bits per heavy atom. The zero-order chi connectivity index (χ0) is 20.3. The zero-order valence-electron chi connectivity index (χ0n) is 16.2.